The highest BCUT2D eigenvalue weighted by atomic mass is 16.5. The van der Waals surface area contributed by atoms with E-state index in [1.54, 1.807) is 0 Å². The fourth-order valence-electron chi connectivity index (χ4n) is 3.82. The van der Waals surface area contributed by atoms with Gasteiger partial charge < -0.3 is 14.6 Å². The van der Waals surface area contributed by atoms with Crippen LogP contribution in [-0.4, -0.2) is 23.7 Å². The second kappa shape index (κ2) is 6.68. The molecular formula is C21H26N2O2. The Bertz CT molecular complexity index is 783. The van der Waals surface area contributed by atoms with Crippen molar-refractivity contribution in [2.75, 3.05) is 18.5 Å². The van der Waals surface area contributed by atoms with E-state index in [1.807, 2.05) is 19.1 Å². The third kappa shape index (κ3) is 3.36. The first-order chi connectivity index (χ1) is 12.1. The Labute approximate surface area is 149 Å². The van der Waals surface area contributed by atoms with Crippen molar-refractivity contribution in [1.82, 2.24) is 4.57 Å². The van der Waals surface area contributed by atoms with Crippen LogP contribution < -0.4 is 5.32 Å². The molecule has 0 spiro atoms. The Balaban J connectivity index is 1.52. The van der Waals surface area contributed by atoms with Gasteiger partial charge in [-0.3, -0.25) is 4.79 Å². The number of hydrogen-bond acceptors (Lipinski definition) is 2. The number of nitrogens with zero attached hydrogens (tertiary/aromatic N) is 1. The van der Waals surface area contributed by atoms with E-state index in [1.165, 1.54) is 24.1 Å². The molecule has 0 atom stereocenters. The molecule has 4 nitrogen and oxygen atoms in total. The summed E-state index contributed by atoms with van der Waals surface area (Å²) in [5.74, 6) is 1.16. The quantitative estimate of drug-likeness (QED) is 0.900. The van der Waals surface area contributed by atoms with Crippen molar-refractivity contribution >= 4 is 11.6 Å². The van der Waals surface area contributed by atoms with Crippen LogP contribution in [0.1, 0.15) is 64.8 Å². The van der Waals surface area contributed by atoms with Gasteiger partial charge in [-0.15, -0.1) is 0 Å². The second-order valence-electron chi connectivity index (χ2n) is 7.37. The van der Waals surface area contributed by atoms with E-state index in [2.05, 4.69) is 35.1 Å². The summed E-state index contributed by atoms with van der Waals surface area (Å²) in [5.41, 5.74) is 5.30. The molecule has 0 radical (unpaired) electrons. The maximum atomic E-state index is 12.8. The van der Waals surface area contributed by atoms with Crippen molar-refractivity contribution in [2.45, 2.75) is 44.4 Å². The Hall–Kier alpha value is -2.07. The summed E-state index contributed by atoms with van der Waals surface area (Å²) in [5, 5.41) is 3.09. The first kappa shape index (κ1) is 16.4. The maximum Gasteiger partial charge on any atom is 0.257 e. The number of anilines is 1. The predicted molar refractivity (Wildman–Crippen MR) is 99.3 cm³/mol. The number of hydrogen-bond donors (Lipinski definition) is 1. The van der Waals surface area contributed by atoms with Gasteiger partial charge in [0.05, 0.1) is 5.56 Å². The normalized spacial score (nSPS) is 18.3. The first-order valence-corrected chi connectivity index (χ1v) is 9.28. The zero-order valence-corrected chi connectivity index (χ0v) is 15.0. The average Bonchev–Trinajstić information content (AvgIpc) is 3.43. The number of rotatable bonds is 4. The minimum Gasteiger partial charge on any atom is -0.381 e. The molecule has 1 aromatic heterocycles. The molecule has 1 aliphatic heterocycles. The Kier molecular flexibility index (Phi) is 4.38. The van der Waals surface area contributed by atoms with Crippen LogP contribution in [0.25, 0.3) is 0 Å². The van der Waals surface area contributed by atoms with E-state index >= 15 is 0 Å². The molecule has 25 heavy (non-hydrogen) atoms. The number of ether oxygens (including phenoxy) is 1. The van der Waals surface area contributed by atoms with Crippen molar-refractivity contribution in [1.29, 1.82) is 0 Å². The molecule has 0 unspecified atom stereocenters. The number of carbonyl (C=O) groups is 1. The van der Waals surface area contributed by atoms with Crippen molar-refractivity contribution in [3.8, 4) is 0 Å². The molecular weight excluding hydrogens is 312 g/mol. The topological polar surface area (TPSA) is 43.3 Å². The van der Waals surface area contributed by atoms with Gasteiger partial charge in [0.15, 0.2) is 0 Å². The number of nitrogens with one attached hydrogen (secondary N) is 1. The third-order valence-electron chi connectivity index (χ3n) is 5.65. The minimum atomic E-state index is -0.0101. The lowest BCUT2D eigenvalue weighted by Crippen LogP contribution is -2.15. The zero-order valence-electron chi connectivity index (χ0n) is 15.0. The molecule has 1 amide bonds. The third-order valence-corrected chi connectivity index (χ3v) is 5.65. The lowest BCUT2D eigenvalue weighted by atomic mass is 9.91. The monoisotopic (exact) mass is 338 g/mol. The van der Waals surface area contributed by atoms with Crippen LogP contribution in [0.4, 0.5) is 5.69 Å². The molecule has 1 aliphatic carbocycles. The van der Waals surface area contributed by atoms with Gasteiger partial charge in [0.2, 0.25) is 0 Å². The summed E-state index contributed by atoms with van der Waals surface area (Å²) in [7, 11) is 2.06. The van der Waals surface area contributed by atoms with Crippen molar-refractivity contribution in [2.24, 2.45) is 7.05 Å². The molecule has 4 heteroatoms. The molecule has 2 aromatic rings. The average molecular weight is 338 g/mol. The summed E-state index contributed by atoms with van der Waals surface area (Å²) in [6, 6.07) is 10.4. The Morgan fingerprint density at radius 1 is 1.12 bits per heavy atom. The molecule has 4 rings (SSSR count). The van der Waals surface area contributed by atoms with Gasteiger partial charge in [-0.05, 0) is 68.2 Å². The van der Waals surface area contributed by atoms with Crippen LogP contribution in [0.3, 0.4) is 0 Å². The maximum absolute atomic E-state index is 12.8. The summed E-state index contributed by atoms with van der Waals surface area (Å²) in [6.45, 7) is 3.68. The molecule has 2 heterocycles. The van der Waals surface area contributed by atoms with E-state index in [-0.39, 0.29) is 5.91 Å². The van der Waals surface area contributed by atoms with Crippen LogP contribution in [0.5, 0.6) is 0 Å². The number of benzene rings is 1. The van der Waals surface area contributed by atoms with E-state index in [9.17, 15) is 4.79 Å². The van der Waals surface area contributed by atoms with Gasteiger partial charge in [-0.1, -0.05) is 12.1 Å². The van der Waals surface area contributed by atoms with Gasteiger partial charge in [0.25, 0.3) is 5.91 Å². The second-order valence-corrected chi connectivity index (χ2v) is 7.37. The van der Waals surface area contributed by atoms with E-state index in [0.717, 1.165) is 43.0 Å². The van der Waals surface area contributed by atoms with E-state index in [4.69, 9.17) is 4.74 Å². The molecule has 1 aromatic carbocycles. The highest BCUT2D eigenvalue weighted by Crippen LogP contribution is 2.41. The number of amides is 1. The summed E-state index contributed by atoms with van der Waals surface area (Å²) >= 11 is 0. The Morgan fingerprint density at radius 3 is 2.60 bits per heavy atom. The highest BCUT2D eigenvalue weighted by molar-refractivity contribution is 6.05. The van der Waals surface area contributed by atoms with Crippen LogP contribution in [0.15, 0.2) is 30.3 Å². The highest BCUT2D eigenvalue weighted by Gasteiger charge is 2.29. The SMILES string of the molecule is Cc1c(C(=O)Nc2cccc(C3CCOCC3)c2)cc(C2CC2)n1C. The number of carbonyl (C=O) groups excluding carboxylic acids is 1. The molecule has 132 valence electrons. The van der Waals surface area contributed by atoms with Gasteiger partial charge in [-0.25, -0.2) is 0 Å². The lowest BCUT2D eigenvalue weighted by molar-refractivity contribution is 0.0853. The van der Waals surface area contributed by atoms with Crippen LogP contribution >= 0.6 is 0 Å². The molecule has 1 saturated carbocycles. The van der Waals surface area contributed by atoms with Gasteiger partial charge in [0.1, 0.15) is 0 Å². The van der Waals surface area contributed by atoms with Crippen molar-refractivity contribution in [3.63, 3.8) is 0 Å². The molecule has 1 N–H and O–H groups in total. The summed E-state index contributed by atoms with van der Waals surface area (Å²) in [6.07, 6.45) is 4.59. The van der Waals surface area contributed by atoms with Gasteiger partial charge in [-0.2, -0.15) is 0 Å². The summed E-state index contributed by atoms with van der Waals surface area (Å²) in [4.78, 5) is 12.8. The van der Waals surface area contributed by atoms with Crippen LogP contribution in [-0.2, 0) is 11.8 Å². The van der Waals surface area contributed by atoms with Crippen molar-refractivity contribution < 1.29 is 9.53 Å². The standard InChI is InChI=1S/C21H26N2O2/c1-14-19(13-20(23(14)2)16-6-7-16)21(24)22-18-5-3-4-17(12-18)15-8-10-25-11-9-15/h3-5,12-13,15-16H,6-11H2,1-2H3,(H,22,24). The molecule has 0 bridgehead atoms. The van der Waals surface area contributed by atoms with E-state index in [0.29, 0.717) is 11.8 Å². The van der Waals surface area contributed by atoms with Gasteiger partial charge in [0, 0.05) is 37.3 Å². The van der Waals surface area contributed by atoms with E-state index < -0.39 is 0 Å². The largest absolute Gasteiger partial charge is 0.381 e. The van der Waals surface area contributed by atoms with Crippen LogP contribution in [0.2, 0.25) is 0 Å². The fourth-order valence-corrected chi connectivity index (χ4v) is 3.82. The molecule has 2 aliphatic rings. The zero-order chi connectivity index (χ0) is 17.4. The Morgan fingerprint density at radius 2 is 1.88 bits per heavy atom. The fraction of sp³-hybridized carbons (Fsp3) is 0.476. The van der Waals surface area contributed by atoms with Crippen LogP contribution in [0, 0.1) is 6.92 Å². The van der Waals surface area contributed by atoms with Crippen molar-refractivity contribution in [3.05, 3.63) is 52.8 Å². The molecule has 1 saturated heterocycles. The van der Waals surface area contributed by atoms with Gasteiger partial charge >= 0.3 is 0 Å². The first-order valence-electron chi connectivity index (χ1n) is 9.28. The number of aromatic nitrogens is 1. The molecule has 2 fully saturated rings. The minimum absolute atomic E-state index is 0.0101. The summed E-state index contributed by atoms with van der Waals surface area (Å²) < 4.78 is 7.62. The lowest BCUT2D eigenvalue weighted by Gasteiger charge is -2.22. The predicted octanol–water partition coefficient (Wildman–Crippen LogP) is 4.36. The smallest absolute Gasteiger partial charge is 0.257 e.